The lowest BCUT2D eigenvalue weighted by atomic mass is 10.0. The number of primary amides is 1. The first-order chi connectivity index (χ1) is 9.69. The predicted molar refractivity (Wildman–Crippen MR) is 79.2 cm³/mol. The van der Waals surface area contributed by atoms with E-state index in [4.69, 9.17) is 11.5 Å². The molecular weight excluding hydrogens is 272 g/mol. The summed E-state index contributed by atoms with van der Waals surface area (Å²) in [6.07, 6.45) is 0.0185. The first-order valence-corrected chi connectivity index (χ1v) is 6.43. The van der Waals surface area contributed by atoms with E-state index in [9.17, 15) is 14.4 Å². The van der Waals surface area contributed by atoms with Crippen LogP contribution in [0.25, 0.3) is 0 Å². The molecule has 1 aromatic carbocycles. The third kappa shape index (κ3) is 5.94. The van der Waals surface area contributed by atoms with Crippen LogP contribution in [0.2, 0.25) is 0 Å². The van der Waals surface area contributed by atoms with E-state index >= 15 is 0 Å². The van der Waals surface area contributed by atoms with Gasteiger partial charge >= 0.3 is 0 Å². The van der Waals surface area contributed by atoms with E-state index in [1.54, 1.807) is 38.1 Å². The molecule has 1 rings (SSSR count). The van der Waals surface area contributed by atoms with Gasteiger partial charge in [-0.2, -0.15) is 0 Å². The van der Waals surface area contributed by atoms with Gasteiger partial charge in [0.25, 0.3) is 5.91 Å². The van der Waals surface area contributed by atoms with Gasteiger partial charge in [0.1, 0.15) is 0 Å². The molecule has 7 heteroatoms. The van der Waals surface area contributed by atoms with Gasteiger partial charge in [0.05, 0.1) is 6.54 Å². The summed E-state index contributed by atoms with van der Waals surface area (Å²) in [7, 11) is 0. The maximum atomic E-state index is 11.8. The first-order valence-electron chi connectivity index (χ1n) is 6.43. The highest BCUT2D eigenvalue weighted by molar-refractivity contribution is 5.96. The standard InChI is InChI=1S/C14H20N4O3/c1-14(2,7-11(16)19)18-12(20)8-17-13(21)9-3-5-10(15)6-4-9/h3-6H,7-8,15H2,1-2H3,(H2,16,19)(H,17,21)(H,18,20). The van der Waals surface area contributed by atoms with Gasteiger partial charge < -0.3 is 22.1 Å². The quantitative estimate of drug-likeness (QED) is 0.540. The fraction of sp³-hybridized carbons (Fsp3) is 0.357. The normalized spacial score (nSPS) is 10.8. The average Bonchev–Trinajstić information content (AvgIpc) is 2.34. The number of carbonyl (C=O) groups is 3. The fourth-order valence-corrected chi connectivity index (χ4v) is 1.80. The van der Waals surface area contributed by atoms with Gasteiger partial charge in [0.15, 0.2) is 0 Å². The highest BCUT2D eigenvalue weighted by atomic mass is 16.2. The number of hydrogen-bond donors (Lipinski definition) is 4. The molecule has 0 bridgehead atoms. The van der Waals surface area contributed by atoms with Crippen LogP contribution in [-0.2, 0) is 9.59 Å². The lowest BCUT2D eigenvalue weighted by Crippen LogP contribution is -2.49. The fourth-order valence-electron chi connectivity index (χ4n) is 1.80. The number of hydrogen-bond acceptors (Lipinski definition) is 4. The Morgan fingerprint density at radius 3 is 2.24 bits per heavy atom. The lowest BCUT2D eigenvalue weighted by Gasteiger charge is -2.24. The smallest absolute Gasteiger partial charge is 0.251 e. The van der Waals surface area contributed by atoms with Gasteiger partial charge in [-0.05, 0) is 38.1 Å². The largest absolute Gasteiger partial charge is 0.399 e. The second-order valence-corrected chi connectivity index (χ2v) is 5.38. The molecule has 0 aliphatic carbocycles. The van der Waals surface area contributed by atoms with Crippen molar-refractivity contribution in [1.82, 2.24) is 10.6 Å². The molecule has 0 saturated heterocycles. The number of nitrogens with two attached hydrogens (primary N) is 2. The summed E-state index contributed by atoms with van der Waals surface area (Å²) in [6.45, 7) is 3.17. The van der Waals surface area contributed by atoms with Gasteiger partial charge in [-0.1, -0.05) is 0 Å². The minimum absolute atomic E-state index is 0.0185. The van der Waals surface area contributed by atoms with Crippen molar-refractivity contribution in [2.24, 2.45) is 5.73 Å². The molecule has 0 fully saturated rings. The second-order valence-electron chi connectivity index (χ2n) is 5.38. The number of amides is 3. The molecule has 114 valence electrons. The Kier molecular flexibility index (Phi) is 5.29. The summed E-state index contributed by atoms with van der Waals surface area (Å²) >= 11 is 0. The maximum Gasteiger partial charge on any atom is 0.251 e. The predicted octanol–water partition coefficient (Wildman–Crippen LogP) is -0.231. The van der Waals surface area contributed by atoms with Gasteiger partial charge in [0.2, 0.25) is 11.8 Å². The first kappa shape index (κ1) is 16.5. The molecule has 1 aromatic rings. The average molecular weight is 292 g/mol. The van der Waals surface area contributed by atoms with Gasteiger partial charge in [-0.3, -0.25) is 14.4 Å². The summed E-state index contributed by atoms with van der Waals surface area (Å²) in [5.74, 6) is -1.28. The number of nitrogen functional groups attached to an aromatic ring is 1. The summed E-state index contributed by atoms with van der Waals surface area (Å²) in [5.41, 5.74) is 10.8. The molecule has 0 heterocycles. The van der Waals surface area contributed by atoms with Crippen LogP contribution in [0.1, 0.15) is 30.6 Å². The van der Waals surface area contributed by atoms with Crippen molar-refractivity contribution in [3.63, 3.8) is 0 Å². The third-order valence-corrected chi connectivity index (χ3v) is 2.68. The Morgan fingerprint density at radius 2 is 1.71 bits per heavy atom. The Labute approximate surface area is 123 Å². The zero-order valence-electron chi connectivity index (χ0n) is 12.1. The molecule has 0 saturated carbocycles. The van der Waals surface area contributed by atoms with Crippen LogP contribution >= 0.6 is 0 Å². The highest BCUT2D eigenvalue weighted by Crippen LogP contribution is 2.07. The van der Waals surface area contributed by atoms with Crippen LogP contribution < -0.4 is 22.1 Å². The number of rotatable bonds is 6. The van der Waals surface area contributed by atoms with Crippen molar-refractivity contribution in [3.05, 3.63) is 29.8 Å². The van der Waals surface area contributed by atoms with Crippen molar-refractivity contribution >= 4 is 23.4 Å². The van der Waals surface area contributed by atoms with Crippen LogP contribution in [-0.4, -0.2) is 29.8 Å². The Morgan fingerprint density at radius 1 is 1.14 bits per heavy atom. The van der Waals surface area contributed by atoms with Crippen LogP contribution in [0, 0.1) is 0 Å². The van der Waals surface area contributed by atoms with E-state index in [2.05, 4.69) is 10.6 Å². The second kappa shape index (κ2) is 6.74. The Balaban J connectivity index is 2.47. The third-order valence-electron chi connectivity index (χ3n) is 2.68. The molecule has 0 radical (unpaired) electrons. The van der Waals surface area contributed by atoms with Crippen molar-refractivity contribution in [2.75, 3.05) is 12.3 Å². The molecule has 21 heavy (non-hydrogen) atoms. The molecule has 0 unspecified atom stereocenters. The van der Waals surface area contributed by atoms with E-state index in [1.807, 2.05) is 0 Å². The van der Waals surface area contributed by atoms with Gasteiger partial charge in [0, 0.05) is 23.2 Å². The Bertz CT molecular complexity index is 538. The summed E-state index contributed by atoms with van der Waals surface area (Å²) < 4.78 is 0. The topological polar surface area (TPSA) is 127 Å². The molecule has 0 aromatic heterocycles. The van der Waals surface area contributed by atoms with E-state index < -0.39 is 17.4 Å². The van der Waals surface area contributed by atoms with Crippen LogP contribution in [0.15, 0.2) is 24.3 Å². The molecule has 6 N–H and O–H groups in total. The van der Waals surface area contributed by atoms with Crippen molar-refractivity contribution < 1.29 is 14.4 Å². The summed E-state index contributed by atoms with van der Waals surface area (Å²) in [6, 6.07) is 6.34. The number of anilines is 1. The highest BCUT2D eigenvalue weighted by Gasteiger charge is 2.22. The summed E-state index contributed by atoms with van der Waals surface area (Å²) in [4.78, 5) is 34.4. The van der Waals surface area contributed by atoms with E-state index in [0.717, 1.165) is 0 Å². The minimum Gasteiger partial charge on any atom is -0.399 e. The lowest BCUT2D eigenvalue weighted by molar-refractivity contribution is -0.123. The number of nitrogens with one attached hydrogen (secondary N) is 2. The van der Waals surface area contributed by atoms with E-state index in [0.29, 0.717) is 11.3 Å². The van der Waals surface area contributed by atoms with Crippen LogP contribution in [0.3, 0.4) is 0 Å². The number of carbonyl (C=O) groups excluding carboxylic acids is 3. The van der Waals surface area contributed by atoms with Crippen LogP contribution in [0.4, 0.5) is 5.69 Å². The van der Waals surface area contributed by atoms with Crippen LogP contribution in [0.5, 0.6) is 0 Å². The zero-order chi connectivity index (χ0) is 16.0. The van der Waals surface area contributed by atoms with Crippen molar-refractivity contribution in [1.29, 1.82) is 0 Å². The van der Waals surface area contributed by atoms with E-state index in [-0.39, 0.29) is 18.9 Å². The van der Waals surface area contributed by atoms with Gasteiger partial charge in [-0.15, -0.1) is 0 Å². The molecule has 0 atom stereocenters. The monoisotopic (exact) mass is 292 g/mol. The molecular formula is C14H20N4O3. The van der Waals surface area contributed by atoms with Crippen molar-refractivity contribution in [3.8, 4) is 0 Å². The number of benzene rings is 1. The van der Waals surface area contributed by atoms with E-state index in [1.165, 1.54) is 0 Å². The zero-order valence-corrected chi connectivity index (χ0v) is 12.1. The molecule has 3 amide bonds. The van der Waals surface area contributed by atoms with Gasteiger partial charge in [-0.25, -0.2) is 0 Å². The molecule has 7 nitrogen and oxygen atoms in total. The molecule has 0 spiro atoms. The molecule has 0 aliphatic rings. The maximum absolute atomic E-state index is 11.8. The summed E-state index contributed by atoms with van der Waals surface area (Å²) in [5, 5.41) is 5.12. The van der Waals surface area contributed by atoms with Crippen molar-refractivity contribution in [2.45, 2.75) is 25.8 Å². The molecule has 0 aliphatic heterocycles. The Hall–Kier alpha value is -2.57. The minimum atomic E-state index is -0.755. The SMILES string of the molecule is CC(C)(CC(N)=O)NC(=O)CNC(=O)c1ccc(N)cc1.